The van der Waals surface area contributed by atoms with Crippen molar-refractivity contribution in [3.63, 3.8) is 0 Å². The van der Waals surface area contributed by atoms with Crippen LogP contribution in [0.25, 0.3) is 11.0 Å². The van der Waals surface area contributed by atoms with Crippen LogP contribution in [0.4, 0.5) is 0 Å². The van der Waals surface area contributed by atoms with Crippen molar-refractivity contribution < 1.29 is 13.9 Å². The highest BCUT2D eigenvalue weighted by molar-refractivity contribution is 5.84. The van der Waals surface area contributed by atoms with Gasteiger partial charge in [0.2, 0.25) is 0 Å². The second-order valence-corrected chi connectivity index (χ2v) is 7.09. The fourth-order valence-electron chi connectivity index (χ4n) is 4.03. The maximum atomic E-state index is 12.4. The molecule has 4 rings (SSSR count). The molecule has 4 nitrogen and oxygen atoms in total. The number of carbonyl (C=O) groups excluding carboxylic acids is 1. The van der Waals surface area contributed by atoms with Crippen molar-refractivity contribution in [1.29, 1.82) is 0 Å². The summed E-state index contributed by atoms with van der Waals surface area (Å²) in [6.07, 6.45) is 7.95. The number of benzene rings is 1. The molecule has 128 valence electrons. The minimum atomic E-state index is 0.0940. The first-order valence-corrected chi connectivity index (χ1v) is 9.19. The van der Waals surface area contributed by atoms with E-state index in [1.165, 1.54) is 24.8 Å². The molecule has 0 bridgehead atoms. The summed E-state index contributed by atoms with van der Waals surface area (Å²) in [4.78, 5) is 14.4. The van der Waals surface area contributed by atoms with E-state index in [-0.39, 0.29) is 12.5 Å². The number of hydrogen-bond acceptors (Lipinski definition) is 3. The van der Waals surface area contributed by atoms with Crippen LogP contribution in [0.1, 0.15) is 50.4 Å². The van der Waals surface area contributed by atoms with E-state index in [1.54, 1.807) is 0 Å². The van der Waals surface area contributed by atoms with E-state index in [0.29, 0.717) is 6.04 Å². The summed E-state index contributed by atoms with van der Waals surface area (Å²) in [5.74, 6) is 1.98. The summed E-state index contributed by atoms with van der Waals surface area (Å²) in [6, 6.07) is 6.25. The molecule has 0 unspecified atom stereocenters. The topological polar surface area (TPSA) is 42.7 Å². The SMILES string of the molecule is C[C@@H]1CCCCN1C(=O)COc1ccc2oc3c(c2c1)CCCC3. The minimum absolute atomic E-state index is 0.0940. The summed E-state index contributed by atoms with van der Waals surface area (Å²) in [5, 5.41) is 1.15. The summed E-state index contributed by atoms with van der Waals surface area (Å²) in [7, 11) is 0. The zero-order valence-electron chi connectivity index (χ0n) is 14.3. The monoisotopic (exact) mass is 327 g/mol. The van der Waals surface area contributed by atoms with Gasteiger partial charge >= 0.3 is 0 Å². The molecule has 1 amide bonds. The predicted octanol–water partition coefficient (Wildman–Crippen LogP) is 4.09. The first kappa shape index (κ1) is 15.6. The molecule has 24 heavy (non-hydrogen) atoms. The molecule has 1 aromatic heterocycles. The largest absolute Gasteiger partial charge is 0.484 e. The van der Waals surface area contributed by atoms with Gasteiger partial charge in [0.1, 0.15) is 17.1 Å². The van der Waals surface area contributed by atoms with Gasteiger partial charge in [-0.1, -0.05) is 0 Å². The highest BCUT2D eigenvalue weighted by Gasteiger charge is 2.23. The highest BCUT2D eigenvalue weighted by Crippen LogP contribution is 2.34. The Morgan fingerprint density at radius 1 is 1.25 bits per heavy atom. The molecule has 0 spiro atoms. The molecule has 0 radical (unpaired) electrons. The van der Waals surface area contributed by atoms with E-state index in [1.807, 2.05) is 23.1 Å². The molecule has 2 aromatic rings. The molecule has 1 saturated heterocycles. The van der Waals surface area contributed by atoms with Crippen molar-refractivity contribution in [3.05, 3.63) is 29.5 Å². The molecule has 1 aromatic carbocycles. The van der Waals surface area contributed by atoms with Crippen LogP contribution in [-0.2, 0) is 17.6 Å². The average Bonchev–Trinajstić information content (AvgIpc) is 2.98. The van der Waals surface area contributed by atoms with Crippen LogP contribution >= 0.6 is 0 Å². The lowest BCUT2D eigenvalue weighted by atomic mass is 9.96. The third kappa shape index (κ3) is 2.90. The smallest absolute Gasteiger partial charge is 0.260 e. The van der Waals surface area contributed by atoms with Crippen molar-refractivity contribution >= 4 is 16.9 Å². The van der Waals surface area contributed by atoms with Crippen LogP contribution in [0.2, 0.25) is 0 Å². The van der Waals surface area contributed by atoms with E-state index in [0.717, 1.165) is 54.7 Å². The first-order valence-electron chi connectivity index (χ1n) is 9.19. The molecule has 2 aliphatic rings. The third-order valence-electron chi connectivity index (χ3n) is 5.41. The summed E-state index contributed by atoms with van der Waals surface area (Å²) >= 11 is 0. The Balaban J connectivity index is 1.47. The highest BCUT2D eigenvalue weighted by atomic mass is 16.5. The number of ether oxygens (including phenoxy) is 1. The first-order chi connectivity index (χ1) is 11.7. The van der Waals surface area contributed by atoms with Crippen molar-refractivity contribution in [2.24, 2.45) is 0 Å². The number of fused-ring (bicyclic) bond motifs is 3. The second-order valence-electron chi connectivity index (χ2n) is 7.09. The van der Waals surface area contributed by atoms with Crippen LogP contribution in [-0.4, -0.2) is 30.0 Å². The Kier molecular flexibility index (Phi) is 4.21. The Morgan fingerprint density at radius 2 is 2.12 bits per heavy atom. The second kappa shape index (κ2) is 6.50. The Hall–Kier alpha value is -1.97. The maximum Gasteiger partial charge on any atom is 0.260 e. The lowest BCUT2D eigenvalue weighted by Crippen LogP contribution is -2.44. The van der Waals surface area contributed by atoms with E-state index < -0.39 is 0 Å². The van der Waals surface area contributed by atoms with Gasteiger partial charge < -0.3 is 14.1 Å². The van der Waals surface area contributed by atoms with Crippen LogP contribution in [0.3, 0.4) is 0 Å². The number of aryl methyl sites for hydroxylation is 2. The molecule has 1 atom stereocenters. The summed E-state index contributed by atoms with van der Waals surface area (Å²) in [5.41, 5.74) is 2.27. The van der Waals surface area contributed by atoms with Gasteiger partial charge in [-0.15, -0.1) is 0 Å². The fraction of sp³-hybridized carbons (Fsp3) is 0.550. The number of hydrogen-bond donors (Lipinski definition) is 0. The van der Waals surface area contributed by atoms with Crippen molar-refractivity contribution in [2.75, 3.05) is 13.2 Å². The standard InChI is InChI=1S/C20H25NO3/c1-14-6-4-5-11-21(14)20(22)13-23-15-9-10-19-17(12-15)16-7-2-3-8-18(16)24-19/h9-10,12,14H,2-8,11,13H2,1H3/t14-/m1/s1. The van der Waals surface area contributed by atoms with Gasteiger partial charge in [0, 0.05) is 30.0 Å². The molecule has 2 heterocycles. The zero-order valence-corrected chi connectivity index (χ0v) is 14.3. The number of piperidine rings is 1. The number of amides is 1. The van der Waals surface area contributed by atoms with Gasteiger partial charge in [-0.3, -0.25) is 4.79 Å². The summed E-state index contributed by atoms with van der Waals surface area (Å²) in [6.45, 7) is 3.11. The average molecular weight is 327 g/mol. The van der Waals surface area contributed by atoms with Gasteiger partial charge in [-0.25, -0.2) is 0 Å². The van der Waals surface area contributed by atoms with Crippen molar-refractivity contribution in [1.82, 2.24) is 4.90 Å². The normalized spacial score (nSPS) is 20.9. The number of rotatable bonds is 3. The molecular weight excluding hydrogens is 302 g/mol. The lowest BCUT2D eigenvalue weighted by molar-refractivity contribution is -0.136. The van der Waals surface area contributed by atoms with Crippen LogP contribution < -0.4 is 4.74 Å². The van der Waals surface area contributed by atoms with Gasteiger partial charge in [-0.05, 0) is 63.6 Å². The van der Waals surface area contributed by atoms with Crippen molar-refractivity contribution in [2.45, 2.75) is 57.9 Å². The number of likely N-dealkylation sites (tertiary alicyclic amines) is 1. The van der Waals surface area contributed by atoms with E-state index in [9.17, 15) is 4.79 Å². The van der Waals surface area contributed by atoms with Crippen LogP contribution in [0.5, 0.6) is 5.75 Å². The number of carbonyl (C=O) groups is 1. The zero-order chi connectivity index (χ0) is 16.5. The molecule has 1 fully saturated rings. The van der Waals surface area contributed by atoms with Crippen molar-refractivity contribution in [3.8, 4) is 5.75 Å². The maximum absolute atomic E-state index is 12.4. The number of furan rings is 1. The quantitative estimate of drug-likeness (QED) is 0.852. The Morgan fingerprint density at radius 3 is 3.00 bits per heavy atom. The van der Waals surface area contributed by atoms with Gasteiger partial charge in [0.15, 0.2) is 6.61 Å². The van der Waals surface area contributed by atoms with E-state index >= 15 is 0 Å². The van der Waals surface area contributed by atoms with E-state index in [2.05, 4.69) is 6.92 Å². The molecule has 1 aliphatic carbocycles. The molecule has 0 saturated carbocycles. The van der Waals surface area contributed by atoms with Gasteiger partial charge in [0.05, 0.1) is 0 Å². The molecule has 1 aliphatic heterocycles. The third-order valence-corrected chi connectivity index (χ3v) is 5.41. The molecule has 0 N–H and O–H groups in total. The van der Waals surface area contributed by atoms with E-state index in [4.69, 9.17) is 9.15 Å². The predicted molar refractivity (Wildman–Crippen MR) is 93.4 cm³/mol. The van der Waals surface area contributed by atoms with Crippen LogP contribution in [0.15, 0.2) is 22.6 Å². The molecular formula is C20H25NO3. The number of nitrogens with zero attached hydrogens (tertiary/aromatic N) is 1. The van der Waals surface area contributed by atoms with Gasteiger partial charge in [0.25, 0.3) is 5.91 Å². The van der Waals surface area contributed by atoms with Crippen LogP contribution in [0, 0.1) is 0 Å². The van der Waals surface area contributed by atoms with Gasteiger partial charge in [-0.2, -0.15) is 0 Å². The minimum Gasteiger partial charge on any atom is -0.484 e. The summed E-state index contributed by atoms with van der Waals surface area (Å²) < 4.78 is 11.8. The lowest BCUT2D eigenvalue weighted by Gasteiger charge is -2.33. The molecule has 4 heteroatoms. The Labute approximate surface area is 142 Å². The fourth-order valence-corrected chi connectivity index (χ4v) is 4.03. The Bertz CT molecular complexity index is 749.